The van der Waals surface area contributed by atoms with Crippen LogP contribution < -0.4 is 0 Å². The zero-order valence-corrected chi connectivity index (χ0v) is 19.5. The van der Waals surface area contributed by atoms with Crippen molar-refractivity contribution in [2.24, 2.45) is 0 Å². The van der Waals surface area contributed by atoms with Crippen molar-refractivity contribution < 1.29 is 28.5 Å². The average Bonchev–Trinajstić information content (AvgIpc) is 3.22. The maximum absolute atomic E-state index is 12.9. The Morgan fingerprint density at radius 1 is 0.923 bits per heavy atom. The van der Waals surface area contributed by atoms with Crippen LogP contribution in [0.1, 0.15) is 52.4 Å². The number of carbonyl (C=O) groups is 2. The Balaban J connectivity index is 2.82. The molecule has 0 bridgehead atoms. The van der Waals surface area contributed by atoms with E-state index in [2.05, 4.69) is 0 Å². The second kappa shape index (κ2) is 5.91. The zero-order valence-electron chi connectivity index (χ0n) is 16.5. The van der Waals surface area contributed by atoms with Crippen molar-refractivity contribution in [3.05, 3.63) is 44.2 Å². The van der Waals surface area contributed by atoms with E-state index in [4.69, 9.17) is 6.64 Å². The van der Waals surface area contributed by atoms with Crippen LogP contribution in [0.2, 0.25) is 10.5 Å². The summed E-state index contributed by atoms with van der Waals surface area (Å²) in [6.07, 6.45) is 15.2. The molecule has 6 heteroatoms. The van der Waals surface area contributed by atoms with Crippen LogP contribution in [0.15, 0.2) is 44.2 Å². The van der Waals surface area contributed by atoms with Gasteiger partial charge in [0.15, 0.2) is 0 Å². The molecule has 0 radical (unpaired) electrons. The molecule has 26 heavy (non-hydrogen) atoms. The van der Waals surface area contributed by atoms with Gasteiger partial charge in [0.2, 0.25) is 0 Å². The molecule has 0 aromatic rings. The van der Waals surface area contributed by atoms with E-state index in [1.807, 2.05) is 60.8 Å². The van der Waals surface area contributed by atoms with Crippen LogP contribution in [0.4, 0.5) is 0 Å². The predicted molar refractivity (Wildman–Crippen MR) is 106 cm³/mol. The molecule has 0 aliphatic heterocycles. The zero-order chi connectivity index (χ0) is 19.6. The van der Waals surface area contributed by atoms with Crippen LogP contribution >= 0.6 is 0 Å². The van der Waals surface area contributed by atoms with E-state index in [9.17, 15) is 9.59 Å². The Morgan fingerprint density at radius 2 is 1.31 bits per heavy atom. The van der Waals surface area contributed by atoms with E-state index in [1.165, 1.54) is 0 Å². The third kappa shape index (κ3) is 3.14. The molecule has 2 aliphatic rings. The van der Waals surface area contributed by atoms with Gasteiger partial charge in [0.25, 0.3) is 0 Å². The molecule has 2 aliphatic carbocycles. The topological polar surface area (TPSA) is 52.6 Å². The van der Waals surface area contributed by atoms with Crippen molar-refractivity contribution in [3.63, 3.8) is 0 Å². The fraction of sp³-hybridized carbons (Fsp3) is 0.500. The SMILES string of the molecule is CCCC(=O)[O][Ti]([CH3])([CH3])(=[SiH2])([O]C(=O)CCC)([C]1=CC=CC1)[C]1=CC=CC1. The van der Waals surface area contributed by atoms with Gasteiger partial charge in [0.1, 0.15) is 0 Å². The van der Waals surface area contributed by atoms with Gasteiger partial charge in [-0.2, -0.15) is 0 Å². The molecule has 0 saturated carbocycles. The van der Waals surface area contributed by atoms with E-state index in [0.717, 1.165) is 7.76 Å². The van der Waals surface area contributed by atoms with E-state index >= 15 is 0 Å². The summed E-state index contributed by atoms with van der Waals surface area (Å²) in [6, 6.07) is 0. The molecular weight excluding hydrogens is 380 g/mol. The summed E-state index contributed by atoms with van der Waals surface area (Å²) in [5.74, 6) is -0.596. The molecule has 0 unspecified atom stereocenters. The van der Waals surface area contributed by atoms with Crippen molar-refractivity contribution >= 4 is 19.6 Å². The fourth-order valence-corrected chi connectivity index (χ4v) is 17.9. The first-order chi connectivity index (χ1) is 11.9. The quantitative estimate of drug-likeness (QED) is 0.547. The second-order valence-electron chi connectivity index (χ2n) is 9.38. The number of carbonyl (C=O) groups excluding carboxylic acids is 2. The predicted octanol–water partition coefficient (Wildman–Crippen LogP) is 4.60. The van der Waals surface area contributed by atoms with Gasteiger partial charge in [0, 0.05) is 0 Å². The van der Waals surface area contributed by atoms with Crippen molar-refractivity contribution in [2.75, 3.05) is 0 Å². The van der Waals surface area contributed by atoms with E-state index in [-0.39, 0.29) is 11.9 Å². The Kier molecular flexibility index (Phi) is 4.81. The maximum atomic E-state index is 12.9. The van der Waals surface area contributed by atoms with Gasteiger partial charge in [-0.1, -0.05) is 0 Å². The third-order valence-electron chi connectivity index (χ3n) is 6.10. The van der Waals surface area contributed by atoms with Gasteiger partial charge in [0.05, 0.1) is 0 Å². The van der Waals surface area contributed by atoms with Gasteiger partial charge >= 0.3 is 155 Å². The fourth-order valence-electron chi connectivity index (χ4n) is 4.32. The van der Waals surface area contributed by atoms with Crippen LogP contribution in [-0.2, 0) is 28.5 Å². The summed E-state index contributed by atoms with van der Waals surface area (Å²) in [5.41, 5.74) is 0. The van der Waals surface area contributed by atoms with Gasteiger partial charge in [-0.3, -0.25) is 0 Å². The molecule has 144 valence electrons. The van der Waals surface area contributed by atoms with E-state index in [0.29, 0.717) is 38.5 Å². The second-order valence-corrected chi connectivity index (χ2v) is 36.5. The summed E-state index contributed by atoms with van der Waals surface area (Å²) in [7, 11) is 1.64. The first-order valence-corrected chi connectivity index (χ1v) is 19.6. The van der Waals surface area contributed by atoms with Crippen molar-refractivity contribution in [3.8, 4) is 0 Å². The van der Waals surface area contributed by atoms with Gasteiger partial charge in [-0.15, -0.1) is 0 Å². The van der Waals surface area contributed by atoms with Gasteiger partial charge in [-0.25, -0.2) is 0 Å². The minimum absolute atomic E-state index is 0.298. The Morgan fingerprint density at radius 3 is 1.58 bits per heavy atom. The monoisotopic (exact) mass is 412 g/mol. The Hall–Kier alpha value is -1.17. The summed E-state index contributed by atoms with van der Waals surface area (Å²) in [6.45, 7) is 3.89. The Labute approximate surface area is 154 Å². The van der Waals surface area contributed by atoms with E-state index < -0.39 is 12.3 Å². The summed E-state index contributed by atoms with van der Waals surface area (Å²) >= 11 is -5.84. The van der Waals surface area contributed by atoms with Crippen molar-refractivity contribution in [1.29, 1.82) is 0 Å². The number of hydrogen-bond donors (Lipinski definition) is 0. The van der Waals surface area contributed by atoms with E-state index in [1.54, 1.807) is 7.63 Å². The third-order valence-corrected chi connectivity index (χ3v) is 23.6. The summed E-state index contributed by atoms with van der Waals surface area (Å²) < 4.78 is 14.9. The first kappa shape index (κ1) is 21.1. The standard InChI is InChI=1S/2C5H5.2C4H8O2.2CH3.H2Si.Ti/c2*1-2-4-5-3-1;2*1-2-3-4(5)6;;;;/h2*1-3H,4H2;2*2-3H2,1H3,(H,5,6);2*1H3;1H2;/q;;;;;;;+2/p-2. The number of allylic oxidation sites excluding steroid dienone is 8. The molecule has 0 aromatic heterocycles. The molecule has 0 saturated heterocycles. The van der Waals surface area contributed by atoms with Crippen LogP contribution in [0.25, 0.3) is 0 Å². The molecular formula is C20H32O4SiTi. The summed E-state index contributed by atoms with van der Waals surface area (Å²) in [4.78, 5) is 25.7. The Bertz CT molecular complexity index is 825. The summed E-state index contributed by atoms with van der Waals surface area (Å²) in [5, 5.41) is 3.91. The van der Waals surface area contributed by atoms with Crippen LogP contribution in [0.3, 0.4) is 0 Å². The number of hydrogen-bond acceptors (Lipinski definition) is 4. The molecule has 0 aromatic carbocycles. The molecule has 4 nitrogen and oxygen atoms in total. The van der Waals surface area contributed by atoms with Crippen LogP contribution in [0, 0.1) is 0 Å². The van der Waals surface area contributed by atoms with Crippen LogP contribution in [0.5, 0.6) is 0 Å². The van der Waals surface area contributed by atoms with Crippen molar-refractivity contribution in [2.45, 2.75) is 62.8 Å². The number of rotatable bonds is 8. The minimum atomic E-state index is -5.84. The van der Waals surface area contributed by atoms with Crippen LogP contribution in [-0.4, -0.2) is 19.6 Å². The van der Waals surface area contributed by atoms with Gasteiger partial charge in [-0.05, 0) is 0 Å². The molecule has 0 heterocycles. The molecule has 2 rings (SSSR count). The first-order valence-electron chi connectivity index (χ1n) is 9.63. The normalized spacial score (nSPS) is 20.4. The average molecular weight is 412 g/mol. The molecule has 0 fully saturated rings. The molecule has 0 spiro atoms. The molecule has 0 amide bonds. The van der Waals surface area contributed by atoms with Crippen molar-refractivity contribution in [1.82, 2.24) is 0 Å². The van der Waals surface area contributed by atoms with Gasteiger partial charge < -0.3 is 0 Å². The molecule has 0 N–H and O–H groups in total. The molecule has 0 atom stereocenters.